The van der Waals surface area contributed by atoms with Crippen LogP contribution in [0.2, 0.25) is 0 Å². The molecular weight excluding hydrogens is 198 g/mol. The van der Waals surface area contributed by atoms with Gasteiger partial charge in [0.2, 0.25) is 5.91 Å². The Bertz CT molecular complexity index is 294. The Labute approximate surface area is 88.0 Å². The van der Waals surface area contributed by atoms with Crippen molar-refractivity contribution in [1.29, 1.82) is 0 Å². The number of hydrogen-bond acceptors (Lipinski definition) is 3. The summed E-state index contributed by atoms with van der Waals surface area (Å²) in [7, 11) is 0. The minimum Gasteiger partial charge on any atom is -0.480 e. The van der Waals surface area contributed by atoms with Crippen LogP contribution in [0.4, 0.5) is 0 Å². The van der Waals surface area contributed by atoms with Crippen LogP contribution >= 0.6 is 0 Å². The molecule has 5 heteroatoms. The summed E-state index contributed by atoms with van der Waals surface area (Å²) >= 11 is 0. The van der Waals surface area contributed by atoms with Gasteiger partial charge in [0.25, 0.3) is 0 Å². The van der Waals surface area contributed by atoms with Crippen molar-refractivity contribution in [2.45, 2.75) is 18.9 Å². The number of rotatable bonds is 3. The van der Waals surface area contributed by atoms with E-state index in [9.17, 15) is 9.59 Å². The molecule has 5 nitrogen and oxygen atoms in total. The fourth-order valence-corrected chi connectivity index (χ4v) is 1.43. The molecule has 0 aliphatic carbocycles. The summed E-state index contributed by atoms with van der Waals surface area (Å²) in [6, 6.07) is -0.871. The maximum atomic E-state index is 11.6. The van der Waals surface area contributed by atoms with Gasteiger partial charge in [0.15, 0.2) is 6.04 Å². The Kier molecular flexibility index (Phi) is 4.13. The summed E-state index contributed by atoms with van der Waals surface area (Å²) in [5.74, 6) is 1.10. The van der Waals surface area contributed by atoms with Crippen molar-refractivity contribution in [3.05, 3.63) is 0 Å². The standard InChI is InChI=1S/C10H13NO4/c1-2-3-4-9(12)11-5-6-15-7-8(11)10(13)14/h1,8H,3-7H2,(H,13,14). The third-order valence-corrected chi connectivity index (χ3v) is 2.22. The quantitative estimate of drug-likeness (QED) is 0.651. The van der Waals surface area contributed by atoms with Crippen molar-refractivity contribution in [2.75, 3.05) is 19.8 Å². The van der Waals surface area contributed by atoms with Gasteiger partial charge >= 0.3 is 5.97 Å². The Morgan fingerprint density at radius 3 is 2.93 bits per heavy atom. The molecule has 1 aliphatic rings. The first-order chi connectivity index (χ1) is 7.16. The number of morpholine rings is 1. The van der Waals surface area contributed by atoms with E-state index in [0.29, 0.717) is 19.6 Å². The van der Waals surface area contributed by atoms with Gasteiger partial charge in [0.05, 0.1) is 13.2 Å². The lowest BCUT2D eigenvalue weighted by molar-refractivity contribution is -0.158. The summed E-state index contributed by atoms with van der Waals surface area (Å²) in [5, 5.41) is 8.87. The van der Waals surface area contributed by atoms with Crippen molar-refractivity contribution in [1.82, 2.24) is 4.90 Å². The van der Waals surface area contributed by atoms with Crippen molar-refractivity contribution in [3.63, 3.8) is 0 Å². The second kappa shape index (κ2) is 5.37. The SMILES string of the molecule is C#CCCC(=O)N1CCOCC1C(=O)O. The van der Waals surface area contributed by atoms with E-state index in [-0.39, 0.29) is 18.9 Å². The molecule has 0 aromatic heterocycles. The van der Waals surface area contributed by atoms with Crippen LogP contribution in [0.3, 0.4) is 0 Å². The molecule has 0 radical (unpaired) electrons. The molecule has 1 atom stereocenters. The van der Waals surface area contributed by atoms with E-state index < -0.39 is 12.0 Å². The van der Waals surface area contributed by atoms with Crippen molar-refractivity contribution in [2.24, 2.45) is 0 Å². The number of ether oxygens (including phenoxy) is 1. The molecule has 1 heterocycles. The number of carboxylic acids is 1. The zero-order chi connectivity index (χ0) is 11.3. The highest BCUT2D eigenvalue weighted by Gasteiger charge is 2.31. The molecule has 1 N–H and O–H groups in total. The van der Waals surface area contributed by atoms with Crippen molar-refractivity contribution in [3.8, 4) is 12.3 Å². The lowest BCUT2D eigenvalue weighted by Crippen LogP contribution is -2.52. The summed E-state index contributed by atoms with van der Waals surface area (Å²) in [5.41, 5.74) is 0. The molecule has 0 bridgehead atoms. The van der Waals surface area contributed by atoms with Gasteiger partial charge in [-0.15, -0.1) is 12.3 Å². The molecule has 1 aliphatic heterocycles. The molecule has 1 fully saturated rings. The fraction of sp³-hybridized carbons (Fsp3) is 0.600. The van der Waals surface area contributed by atoms with Crippen LogP contribution in [0.15, 0.2) is 0 Å². The molecule has 15 heavy (non-hydrogen) atoms. The molecule has 0 aromatic rings. The zero-order valence-corrected chi connectivity index (χ0v) is 8.31. The van der Waals surface area contributed by atoms with Crippen LogP contribution in [0.5, 0.6) is 0 Å². The van der Waals surface area contributed by atoms with Crippen molar-refractivity contribution >= 4 is 11.9 Å². The molecule has 1 amide bonds. The highest BCUT2D eigenvalue weighted by Crippen LogP contribution is 2.09. The number of aliphatic carboxylic acids is 1. The van der Waals surface area contributed by atoms with Gasteiger partial charge in [0, 0.05) is 19.4 Å². The third-order valence-electron chi connectivity index (χ3n) is 2.22. The molecule has 82 valence electrons. The second-order valence-corrected chi connectivity index (χ2v) is 3.22. The average Bonchev–Trinajstić information content (AvgIpc) is 2.25. The molecule has 1 unspecified atom stereocenters. The Hall–Kier alpha value is -1.54. The van der Waals surface area contributed by atoms with Crippen molar-refractivity contribution < 1.29 is 19.4 Å². The zero-order valence-electron chi connectivity index (χ0n) is 8.31. The topological polar surface area (TPSA) is 66.8 Å². The second-order valence-electron chi connectivity index (χ2n) is 3.22. The van der Waals surface area contributed by atoms with Crippen LogP contribution in [0.1, 0.15) is 12.8 Å². The van der Waals surface area contributed by atoms with E-state index >= 15 is 0 Å². The van der Waals surface area contributed by atoms with Gasteiger partial charge in [-0.05, 0) is 0 Å². The molecule has 0 spiro atoms. The lowest BCUT2D eigenvalue weighted by Gasteiger charge is -2.32. The monoisotopic (exact) mass is 211 g/mol. The molecule has 1 saturated heterocycles. The molecule has 0 saturated carbocycles. The van der Waals surface area contributed by atoms with E-state index in [2.05, 4.69) is 5.92 Å². The predicted molar refractivity (Wildman–Crippen MR) is 52.0 cm³/mol. The normalized spacial score (nSPS) is 20.7. The first kappa shape index (κ1) is 11.5. The minimum absolute atomic E-state index is 0.0527. The maximum absolute atomic E-state index is 11.6. The minimum atomic E-state index is -1.04. The number of nitrogens with zero attached hydrogens (tertiary/aromatic N) is 1. The van der Waals surface area contributed by atoms with Crippen LogP contribution in [0, 0.1) is 12.3 Å². The molecular formula is C10H13NO4. The van der Waals surface area contributed by atoms with E-state index in [1.165, 1.54) is 4.90 Å². The van der Waals surface area contributed by atoms with Gasteiger partial charge in [0.1, 0.15) is 0 Å². The average molecular weight is 211 g/mol. The number of carbonyl (C=O) groups excluding carboxylic acids is 1. The number of terminal acetylenes is 1. The predicted octanol–water partition coefficient (Wildman–Crippen LogP) is -0.288. The lowest BCUT2D eigenvalue weighted by atomic mass is 10.2. The van der Waals surface area contributed by atoms with Gasteiger partial charge < -0.3 is 14.7 Å². The number of hydrogen-bond donors (Lipinski definition) is 1. The van der Waals surface area contributed by atoms with Crippen LogP contribution in [-0.2, 0) is 14.3 Å². The maximum Gasteiger partial charge on any atom is 0.328 e. The van der Waals surface area contributed by atoms with Gasteiger partial charge in [-0.25, -0.2) is 4.79 Å². The number of carbonyl (C=O) groups is 2. The van der Waals surface area contributed by atoms with Crippen LogP contribution in [0.25, 0.3) is 0 Å². The smallest absolute Gasteiger partial charge is 0.328 e. The highest BCUT2D eigenvalue weighted by molar-refractivity contribution is 5.84. The van der Waals surface area contributed by atoms with Gasteiger partial charge in [-0.2, -0.15) is 0 Å². The summed E-state index contributed by atoms with van der Waals surface area (Å²) < 4.78 is 5.01. The first-order valence-electron chi connectivity index (χ1n) is 4.70. The summed E-state index contributed by atoms with van der Waals surface area (Å²) in [4.78, 5) is 23.7. The third kappa shape index (κ3) is 2.96. The van der Waals surface area contributed by atoms with E-state index in [4.69, 9.17) is 16.3 Å². The van der Waals surface area contributed by atoms with E-state index in [1.807, 2.05) is 0 Å². The van der Waals surface area contributed by atoms with Crippen LogP contribution < -0.4 is 0 Å². The number of amides is 1. The van der Waals surface area contributed by atoms with E-state index in [0.717, 1.165) is 0 Å². The largest absolute Gasteiger partial charge is 0.480 e. The Morgan fingerprint density at radius 2 is 2.33 bits per heavy atom. The van der Waals surface area contributed by atoms with E-state index in [1.54, 1.807) is 0 Å². The Morgan fingerprint density at radius 1 is 1.60 bits per heavy atom. The van der Waals surface area contributed by atoms with Crippen LogP contribution in [-0.4, -0.2) is 47.7 Å². The number of carboxylic acid groups (broad SMARTS) is 1. The summed E-state index contributed by atoms with van der Waals surface area (Å²) in [6.07, 6.45) is 5.57. The van der Waals surface area contributed by atoms with Gasteiger partial charge in [-0.3, -0.25) is 4.79 Å². The molecule has 0 aromatic carbocycles. The fourth-order valence-electron chi connectivity index (χ4n) is 1.43. The highest BCUT2D eigenvalue weighted by atomic mass is 16.5. The Balaban J connectivity index is 2.60. The summed E-state index contributed by atoms with van der Waals surface area (Å²) in [6.45, 7) is 0.753. The first-order valence-corrected chi connectivity index (χ1v) is 4.70. The van der Waals surface area contributed by atoms with Gasteiger partial charge in [-0.1, -0.05) is 0 Å². The molecule has 1 rings (SSSR count).